The Hall–Kier alpha value is 0. The SMILES string of the molecule is CC1C(C)C(C)C1C. The molecule has 0 bridgehead atoms. The Morgan fingerprint density at radius 3 is 0.750 bits per heavy atom. The minimum absolute atomic E-state index is 0.977. The molecule has 1 saturated carbocycles. The lowest BCUT2D eigenvalue weighted by Crippen LogP contribution is -2.39. The van der Waals surface area contributed by atoms with Crippen molar-refractivity contribution < 1.29 is 0 Å². The van der Waals surface area contributed by atoms with Crippen molar-refractivity contribution >= 4 is 0 Å². The standard InChI is InChI=1S/C8H16/c1-5-6(2)8(4)7(5)3/h5-8H,1-4H3. The van der Waals surface area contributed by atoms with Crippen molar-refractivity contribution in [1.29, 1.82) is 0 Å². The molecular weight excluding hydrogens is 96.1 g/mol. The molecule has 8 heavy (non-hydrogen) atoms. The van der Waals surface area contributed by atoms with Crippen LogP contribution in [0.3, 0.4) is 0 Å². The molecule has 0 nitrogen and oxygen atoms in total. The molecule has 0 amide bonds. The predicted octanol–water partition coefficient (Wildman–Crippen LogP) is 2.54. The highest BCUT2D eigenvalue weighted by atomic mass is 14.4. The maximum absolute atomic E-state index is 2.36. The molecule has 1 fully saturated rings. The third-order valence-electron chi connectivity index (χ3n) is 3.32. The Labute approximate surface area is 52.3 Å². The molecule has 0 saturated heterocycles. The smallest absolute Gasteiger partial charge is 0.0386 e. The Morgan fingerprint density at radius 2 is 0.625 bits per heavy atom. The number of hydrogen-bond donors (Lipinski definition) is 0. The highest BCUT2D eigenvalue weighted by Gasteiger charge is 2.38. The molecule has 0 aromatic carbocycles. The first-order chi connectivity index (χ1) is 3.64. The van der Waals surface area contributed by atoms with E-state index in [1.807, 2.05) is 0 Å². The molecule has 1 rings (SSSR count). The van der Waals surface area contributed by atoms with Crippen LogP contribution in [0.4, 0.5) is 0 Å². The van der Waals surface area contributed by atoms with Gasteiger partial charge in [0.15, 0.2) is 0 Å². The van der Waals surface area contributed by atoms with Crippen molar-refractivity contribution in [3.05, 3.63) is 0 Å². The van der Waals surface area contributed by atoms with E-state index in [2.05, 4.69) is 27.7 Å². The topological polar surface area (TPSA) is 0 Å². The van der Waals surface area contributed by atoms with Gasteiger partial charge in [-0.05, 0) is 23.7 Å². The summed E-state index contributed by atoms with van der Waals surface area (Å²) < 4.78 is 0. The zero-order valence-corrected chi connectivity index (χ0v) is 6.31. The predicted molar refractivity (Wildman–Crippen MR) is 36.7 cm³/mol. The molecule has 0 unspecified atom stereocenters. The Morgan fingerprint density at radius 1 is 0.500 bits per heavy atom. The minimum Gasteiger partial charge on any atom is -0.0620 e. The summed E-state index contributed by atoms with van der Waals surface area (Å²) in [5, 5.41) is 0. The fraction of sp³-hybridized carbons (Fsp3) is 1.00. The lowest BCUT2D eigenvalue weighted by molar-refractivity contribution is 0.0302. The highest BCUT2D eigenvalue weighted by molar-refractivity contribution is 4.86. The maximum Gasteiger partial charge on any atom is -0.0386 e. The molecule has 0 atom stereocenters. The Kier molecular flexibility index (Phi) is 1.34. The number of hydrogen-bond acceptors (Lipinski definition) is 0. The van der Waals surface area contributed by atoms with Crippen molar-refractivity contribution in [3.63, 3.8) is 0 Å². The summed E-state index contributed by atoms with van der Waals surface area (Å²) in [4.78, 5) is 0. The molecular formula is C8H16. The van der Waals surface area contributed by atoms with E-state index < -0.39 is 0 Å². The van der Waals surface area contributed by atoms with E-state index in [1.54, 1.807) is 0 Å². The summed E-state index contributed by atoms with van der Waals surface area (Å²) in [6.45, 7) is 9.43. The first-order valence-corrected chi connectivity index (χ1v) is 3.64. The molecule has 0 heteroatoms. The van der Waals surface area contributed by atoms with Gasteiger partial charge >= 0.3 is 0 Å². The van der Waals surface area contributed by atoms with Crippen molar-refractivity contribution in [2.75, 3.05) is 0 Å². The molecule has 1 aliphatic rings. The van der Waals surface area contributed by atoms with Gasteiger partial charge in [0.2, 0.25) is 0 Å². The van der Waals surface area contributed by atoms with Gasteiger partial charge in [-0.3, -0.25) is 0 Å². The summed E-state index contributed by atoms with van der Waals surface area (Å²) >= 11 is 0. The van der Waals surface area contributed by atoms with E-state index in [-0.39, 0.29) is 0 Å². The summed E-state index contributed by atoms with van der Waals surface area (Å²) in [6.07, 6.45) is 0. The summed E-state index contributed by atoms with van der Waals surface area (Å²) in [5.74, 6) is 3.91. The van der Waals surface area contributed by atoms with Gasteiger partial charge in [-0.15, -0.1) is 0 Å². The molecule has 48 valence electrons. The second-order valence-electron chi connectivity index (χ2n) is 3.44. The molecule has 0 aromatic heterocycles. The molecule has 1 aliphatic carbocycles. The van der Waals surface area contributed by atoms with Gasteiger partial charge in [-0.2, -0.15) is 0 Å². The van der Waals surface area contributed by atoms with E-state index in [0.29, 0.717) is 0 Å². The lowest BCUT2D eigenvalue weighted by atomic mass is 9.60. The van der Waals surface area contributed by atoms with E-state index in [1.165, 1.54) is 0 Å². The van der Waals surface area contributed by atoms with Gasteiger partial charge < -0.3 is 0 Å². The third kappa shape index (κ3) is 0.586. The molecule has 0 aromatic rings. The average Bonchev–Trinajstić information content (AvgIpc) is 1.83. The summed E-state index contributed by atoms with van der Waals surface area (Å²) in [5.41, 5.74) is 0. The zero-order valence-electron chi connectivity index (χ0n) is 6.31. The summed E-state index contributed by atoms with van der Waals surface area (Å²) in [6, 6.07) is 0. The van der Waals surface area contributed by atoms with Crippen molar-refractivity contribution in [2.45, 2.75) is 27.7 Å². The Bertz CT molecular complexity index is 54.0. The first kappa shape index (κ1) is 6.12. The minimum atomic E-state index is 0.977. The van der Waals surface area contributed by atoms with Gasteiger partial charge in [-0.25, -0.2) is 0 Å². The lowest BCUT2D eigenvalue weighted by Gasteiger charge is -2.45. The fourth-order valence-electron chi connectivity index (χ4n) is 1.77. The fourth-order valence-corrected chi connectivity index (χ4v) is 1.77. The van der Waals surface area contributed by atoms with Gasteiger partial charge in [0.1, 0.15) is 0 Å². The Balaban J connectivity index is 2.42. The van der Waals surface area contributed by atoms with Crippen molar-refractivity contribution in [1.82, 2.24) is 0 Å². The molecule has 0 radical (unpaired) electrons. The second kappa shape index (κ2) is 1.75. The van der Waals surface area contributed by atoms with Crippen LogP contribution < -0.4 is 0 Å². The third-order valence-corrected chi connectivity index (χ3v) is 3.32. The van der Waals surface area contributed by atoms with E-state index in [9.17, 15) is 0 Å². The molecule has 0 N–H and O–H groups in total. The normalized spacial score (nSPS) is 55.5. The summed E-state index contributed by atoms with van der Waals surface area (Å²) in [7, 11) is 0. The quantitative estimate of drug-likeness (QED) is 0.451. The highest BCUT2D eigenvalue weighted by Crippen LogP contribution is 2.44. The van der Waals surface area contributed by atoms with Crippen LogP contribution in [0.5, 0.6) is 0 Å². The van der Waals surface area contributed by atoms with Crippen LogP contribution in [-0.4, -0.2) is 0 Å². The van der Waals surface area contributed by atoms with Crippen LogP contribution in [0.25, 0.3) is 0 Å². The van der Waals surface area contributed by atoms with Crippen molar-refractivity contribution in [3.8, 4) is 0 Å². The van der Waals surface area contributed by atoms with Crippen LogP contribution in [0.1, 0.15) is 27.7 Å². The first-order valence-electron chi connectivity index (χ1n) is 3.64. The van der Waals surface area contributed by atoms with Crippen LogP contribution in [-0.2, 0) is 0 Å². The molecule has 0 aliphatic heterocycles. The van der Waals surface area contributed by atoms with E-state index >= 15 is 0 Å². The van der Waals surface area contributed by atoms with Crippen LogP contribution in [0.15, 0.2) is 0 Å². The van der Waals surface area contributed by atoms with Gasteiger partial charge in [-0.1, -0.05) is 27.7 Å². The molecule has 0 heterocycles. The average molecular weight is 112 g/mol. The van der Waals surface area contributed by atoms with E-state index in [0.717, 1.165) is 23.7 Å². The van der Waals surface area contributed by atoms with Crippen LogP contribution in [0.2, 0.25) is 0 Å². The van der Waals surface area contributed by atoms with Gasteiger partial charge in [0, 0.05) is 0 Å². The van der Waals surface area contributed by atoms with Crippen LogP contribution in [0, 0.1) is 23.7 Å². The largest absolute Gasteiger partial charge is 0.0620 e. The maximum atomic E-state index is 2.36. The van der Waals surface area contributed by atoms with E-state index in [4.69, 9.17) is 0 Å². The van der Waals surface area contributed by atoms with Gasteiger partial charge in [0.05, 0.1) is 0 Å². The molecule has 0 spiro atoms. The second-order valence-corrected chi connectivity index (χ2v) is 3.44. The van der Waals surface area contributed by atoms with Crippen molar-refractivity contribution in [2.24, 2.45) is 23.7 Å². The van der Waals surface area contributed by atoms with Crippen LogP contribution >= 0.6 is 0 Å². The van der Waals surface area contributed by atoms with Gasteiger partial charge in [0.25, 0.3) is 0 Å². The monoisotopic (exact) mass is 112 g/mol. The number of rotatable bonds is 0. The zero-order chi connectivity index (χ0) is 6.31.